The quantitative estimate of drug-likeness (QED) is 0.533. The van der Waals surface area contributed by atoms with Crippen molar-refractivity contribution in [3.05, 3.63) is 0 Å². The molecule has 0 radical (unpaired) electrons. The van der Waals surface area contributed by atoms with E-state index in [1.54, 1.807) is 0 Å². The molecule has 0 aromatic carbocycles. The minimum atomic E-state index is -1.33. The Kier molecular flexibility index (Phi) is 2.59. The van der Waals surface area contributed by atoms with E-state index in [0.717, 1.165) is 0 Å². The molecule has 108 valence electrons. The van der Waals surface area contributed by atoms with Crippen molar-refractivity contribution in [1.82, 2.24) is 0 Å². The number of carbonyl (C=O) groups is 4. The van der Waals surface area contributed by atoms with E-state index < -0.39 is 34.6 Å². The summed E-state index contributed by atoms with van der Waals surface area (Å²) in [5.41, 5.74) is -2.66. The lowest BCUT2D eigenvalue weighted by Gasteiger charge is -2.56. The molecule has 4 fully saturated rings. The van der Waals surface area contributed by atoms with Crippen molar-refractivity contribution in [3.63, 3.8) is 0 Å². The van der Waals surface area contributed by atoms with Crippen molar-refractivity contribution in [2.45, 2.75) is 25.7 Å². The highest BCUT2D eigenvalue weighted by Crippen LogP contribution is 2.62. The number of hydrogen-bond acceptors (Lipinski definition) is 6. The zero-order valence-corrected chi connectivity index (χ0v) is 11.4. The zero-order chi connectivity index (χ0) is 14.7. The Morgan fingerprint density at radius 1 is 0.950 bits per heavy atom. The van der Waals surface area contributed by atoms with E-state index in [-0.39, 0.29) is 30.8 Å². The molecule has 4 unspecified atom stereocenters. The molecular weight excluding hydrogens is 264 g/mol. The molecule has 0 aromatic rings. The number of Topliss-reactive ketones (excluding diaryl/α,β-unsaturated/α-hetero) is 2. The van der Waals surface area contributed by atoms with Gasteiger partial charge in [0, 0.05) is 11.8 Å². The third-order valence-corrected chi connectivity index (χ3v) is 5.20. The average Bonchev–Trinajstić information content (AvgIpc) is 2.44. The van der Waals surface area contributed by atoms with Crippen LogP contribution in [0.1, 0.15) is 25.7 Å². The van der Waals surface area contributed by atoms with E-state index in [1.165, 1.54) is 14.2 Å². The lowest BCUT2D eigenvalue weighted by molar-refractivity contribution is -0.192. The minimum absolute atomic E-state index is 0.0932. The van der Waals surface area contributed by atoms with Gasteiger partial charge in [0.05, 0.1) is 14.2 Å². The monoisotopic (exact) mass is 280 g/mol. The second-order valence-electron chi connectivity index (χ2n) is 6.09. The molecule has 4 atom stereocenters. The third kappa shape index (κ3) is 1.29. The summed E-state index contributed by atoms with van der Waals surface area (Å²) in [7, 11) is 2.45. The summed E-state index contributed by atoms with van der Waals surface area (Å²) in [4.78, 5) is 49.2. The SMILES string of the molecule is COC(=O)C12CC3CC(CC(C(=O)OC)(C1)C3=O)C2=O. The second kappa shape index (κ2) is 3.90. The van der Waals surface area contributed by atoms with Gasteiger partial charge in [-0.25, -0.2) is 0 Å². The van der Waals surface area contributed by atoms with Gasteiger partial charge in [0.15, 0.2) is 11.6 Å². The van der Waals surface area contributed by atoms with Crippen LogP contribution in [0.15, 0.2) is 0 Å². The second-order valence-corrected chi connectivity index (χ2v) is 6.09. The summed E-state index contributed by atoms with van der Waals surface area (Å²) in [6.07, 6.45) is 0.693. The highest BCUT2D eigenvalue weighted by atomic mass is 16.5. The van der Waals surface area contributed by atoms with Crippen LogP contribution in [-0.2, 0) is 28.7 Å². The normalized spacial score (nSPS) is 41.7. The molecule has 0 amide bonds. The number of ketones is 2. The van der Waals surface area contributed by atoms with Gasteiger partial charge in [-0.1, -0.05) is 0 Å². The molecule has 4 aliphatic carbocycles. The molecule has 0 saturated heterocycles. The number of esters is 2. The Morgan fingerprint density at radius 2 is 1.35 bits per heavy atom. The van der Waals surface area contributed by atoms with Gasteiger partial charge in [-0.15, -0.1) is 0 Å². The molecule has 4 saturated carbocycles. The molecule has 4 rings (SSSR count). The Morgan fingerprint density at radius 3 is 1.70 bits per heavy atom. The maximum Gasteiger partial charge on any atom is 0.319 e. The molecule has 4 aliphatic rings. The van der Waals surface area contributed by atoms with Crippen molar-refractivity contribution in [2.24, 2.45) is 22.7 Å². The van der Waals surface area contributed by atoms with E-state index in [4.69, 9.17) is 9.47 Å². The molecule has 0 aromatic heterocycles. The zero-order valence-electron chi connectivity index (χ0n) is 11.4. The summed E-state index contributed by atoms with van der Waals surface area (Å²) in [6, 6.07) is 0. The topological polar surface area (TPSA) is 86.7 Å². The maximum atomic E-state index is 12.5. The van der Waals surface area contributed by atoms with Crippen LogP contribution in [0.2, 0.25) is 0 Å². The lowest BCUT2D eigenvalue weighted by Crippen LogP contribution is -2.67. The number of methoxy groups -OCH3 is 2. The summed E-state index contributed by atoms with van der Waals surface area (Å²) in [5, 5.41) is 0. The van der Waals surface area contributed by atoms with Gasteiger partial charge in [-0.2, -0.15) is 0 Å². The fraction of sp³-hybridized carbons (Fsp3) is 0.714. The van der Waals surface area contributed by atoms with Gasteiger partial charge in [-0.3, -0.25) is 19.2 Å². The van der Waals surface area contributed by atoms with Crippen LogP contribution in [0.4, 0.5) is 0 Å². The molecule has 6 heteroatoms. The Balaban J connectivity index is 2.13. The number of carbonyl (C=O) groups excluding carboxylic acids is 4. The van der Waals surface area contributed by atoms with E-state index in [9.17, 15) is 19.2 Å². The number of rotatable bonds is 2. The largest absolute Gasteiger partial charge is 0.468 e. The third-order valence-electron chi connectivity index (χ3n) is 5.20. The van der Waals surface area contributed by atoms with Crippen LogP contribution in [0.25, 0.3) is 0 Å². The van der Waals surface area contributed by atoms with Crippen LogP contribution in [-0.4, -0.2) is 37.7 Å². The van der Waals surface area contributed by atoms with Crippen LogP contribution in [0.3, 0.4) is 0 Å². The first-order valence-electron chi connectivity index (χ1n) is 6.67. The first-order valence-corrected chi connectivity index (χ1v) is 6.67. The van der Waals surface area contributed by atoms with E-state index in [2.05, 4.69) is 0 Å². The van der Waals surface area contributed by atoms with Crippen LogP contribution in [0, 0.1) is 22.7 Å². The highest BCUT2D eigenvalue weighted by molar-refractivity contribution is 6.16. The molecule has 6 nitrogen and oxygen atoms in total. The van der Waals surface area contributed by atoms with Crippen molar-refractivity contribution in [3.8, 4) is 0 Å². The maximum absolute atomic E-state index is 12.5. The molecule has 0 N–H and O–H groups in total. The van der Waals surface area contributed by atoms with Crippen LogP contribution < -0.4 is 0 Å². The Labute approximate surface area is 115 Å². The standard InChI is InChI=1S/C14H16O6/c1-19-11(17)13-4-7-3-8(9(13)15)5-14(6-13,10(7)16)12(18)20-2/h7-8H,3-6H2,1-2H3. The molecular formula is C14H16O6. The van der Waals surface area contributed by atoms with Gasteiger partial charge in [0.1, 0.15) is 10.8 Å². The van der Waals surface area contributed by atoms with Gasteiger partial charge in [0.25, 0.3) is 0 Å². The van der Waals surface area contributed by atoms with Crippen molar-refractivity contribution in [1.29, 1.82) is 0 Å². The first kappa shape index (κ1) is 13.3. The highest BCUT2D eigenvalue weighted by Gasteiger charge is 2.72. The Hall–Kier alpha value is -1.72. The lowest BCUT2D eigenvalue weighted by atomic mass is 9.43. The fourth-order valence-electron chi connectivity index (χ4n) is 4.47. The number of hydrogen-bond donors (Lipinski definition) is 0. The average molecular weight is 280 g/mol. The summed E-state index contributed by atoms with van der Waals surface area (Å²) < 4.78 is 9.55. The van der Waals surface area contributed by atoms with Crippen molar-refractivity contribution in [2.75, 3.05) is 14.2 Å². The first-order chi connectivity index (χ1) is 9.41. The summed E-state index contributed by atoms with van der Waals surface area (Å²) >= 11 is 0. The van der Waals surface area contributed by atoms with Crippen LogP contribution in [0.5, 0.6) is 0 Å². The predicted molar refractivity (Wildman–Crippen MR) is 64.4 cm³/mol. The smallest absolute Gasteiger partial charge is 0.319 e. The molecule has 4 bridgehead atoms. The van der Waals surface area contributed by atoms with Crippen molar-refractivity contribution < 1.29 is 28.7 Å². The molecule has 0 heterocycles. The van der Waals surface area contributed by atoms with E-state index in [1.807, 2.05) is 0 Å². The molecule has 0 spiro atoms. The summed E-state index contributed by atoms with van der Waals surface area (Å²) in [6.45, 7) is 0. The van der Waals surface area contributed by atoms with Gasteiger partial charge in [-0.05, 0) is 25.7 Å². The minimum Gasteiger partial charge on any atom is -0.468 e. The molecule has 0 aliphatic heterocycles. The van der Waals surface area contributed by atoms with Crippen molar-refractivity contribution >= 4 is 23.5 Å². The fourth-order valence-corrected chi connectivity index (χ4v) is 4.47. The van der Waals surface area contributed by atoms with Crippen LogP contribution >= 0.6 is 0 Å². The van der Waals surface area contributed by atoms with E-state index >= 15 is 0 Å². The van der Waals surface area contributed by atoms with Gasteiger partial charge < -0.3 is 9.47 Å². The molecule has 20 heavy (non-hydrogen) atoms. The van der Waals surface area contributed by atoms with E-state index in [0.29, 0.717) is 6.42 Å². The number of ether oxygens (including phenoxy) is 2. The van der Waals surface area contributed by atoms with Gasteiger partial charge >= 0.3 is 11.9 Å². The Bertz CT molecular complexity index is 492. The summed E-state index contributed by atoms with van der Waals surface area (Å²) in [5.74, 6) is -2.44. The van der Waals surface area contributed by atoms with Gasteiger partial charge in [0.2, 0.25) is 0 Å². The predicted octanol–water partition coefficient (Wildman–Crippen LogP) is 0.277.